The van der Waals surface area contributed by atoms with E-state index >= 15 is 0 Å². The Hall–Kier alpha value is -1.64. The Bertz CT molecular complexity index is 626. The number of alkyl halides is 3. The summed E-state index contributed by atoms with van der Waals surface area (Å²) in [5.74, 6) is -6.94. The lowest BCUT2D eigenvalue weighted by Crippen LogP contribution is -2.40. The van der Waals surface area contributed by atoms with Crippen LogP contribution < -0.4 is 4.74 Å². The summed E-state index contributed by atoms with van der Waals surface area (Å²) in [4.78, 5) is 23.0. The SMILES string of the molecule is COc1c(F)cc2c(c1F)CSC(C(=O)C(F)(F)F)C2=O. The minimum absolute atomic E-state index is 0.269. The highest BCUT2D eigenvalue weighted by molar-refractivity contribution is 8.00. The second-order valence-electron chi connectivity index (χ2n) is 4.15. The minimum Gasteiger partial charge on any atom is -0.491 e. The molecule has 114 valence electrons. The van der Waals surface area contributed by atoms with E-state index < -0.39 is 45.9 Å². The fourth-order valence-electron chi connectivity index (χ4n) is 1.91. The van der Waals surface area contributed by atoms with Crippen molar-refractivity contribution in [3.63, 3.8) is 0 Å². The van der Waals surface area contributed by atoms with Crippen molar-refractivity contribution < 1.29 is 36.3 Å². The average molecular weight is 326 g/mol. The summed E-state index contributed by atoms with van der Waals surface area (Å²) in [5, 5.41) is -2.04. The summed E-state index contributed by atoms with van der Waals surface area (Å²) in [7, 11) is 1.02. The van der Waals surface area contributed by atoms with Crippen molar-refractivity contribution in [1.82, 2.24) is 0 Å². The van der Waals surface area contributed by atoms with Crippen molar-refractivity contribution in [3.05, 3.63) is 28.8 Å². The third-order valence-corrected chi connectivity index (χ3v) is 4.11. The monoisotopic (exact) mass is 326 g/mol. The first-order valence-corrected chi connectivity index (χ1v) is 6.55. The Balaban J connectivity index is 2.48. The molecular formula is C12H7F5O3S. The normalized spacial score (nSPS) is 18.4. The average Bonchev–Trinajstić information content (AvgIpc) is 2.39. The largest absolute Gasteiger partial charge is 0.491 e. The number of thioether (sulfide) groups is 1. The molecule has 0 spiro atoms. The number of fused-ring (bicyclic) bond motifs is 1. The lowest BCUT2D eigenvalue weighted by molar-refractivity contribution is -0.169. The van der Waals surface area contributed by atoms with E-state index in [1.807, 2.05) is 0 Å². The Morgan fingerprint density at radius 3 is 2.52 bits per heavy atom. The molecule has 0 fully saturated rings. The van der Waals surface area contributed by atoms with Crippen molar-refractivity contribution in [2.45, 2.75) is 17.2 Å². The second kappa shape index (κ2) is 5.28. The number of methoxy groups -OCH3 is 1. The van der Waals surface area contributed by atoms with Crippen LogP contribution in [0.5, 0.6) is 5.75 Å². The summed E-state index contributed by atoms with van der Waals surface area (Å²) < 4.78 is 69.1. The second-order valence-corrected chi connectivity index (χ2v) is 5.24. The number of carbonyl (C=O) groups is 2. The molecule has 1 unspecified atom stereocenters. The molecule has 0 aliphatic carbocycles. The van der Waals surface area contributed by atoms with Gasteiger partial charge in [0.25, 0.3) is 5.78 Å². The molecule has 1 aliphatic heterocycles. The van der Waals surface area contributed by atoms with Crippen LogP contribution in [-0.4, -0.2) is 30.1 Å². The van der Waals surface area contributed by atoms with Gasteiger partial charge in [-0.2, -0.15) is 13.2 Å². The van der Waals surface area contributed by atoms with Crippen LogP contribution in [0.4, 0.5) is 22.0 Å². The highest BCUT2D eigenvalue weighted by Gasteiger charge is 2.48. The maximum atomic E-state index is 13.9. The highest BCUT2D eigenvalue weighted by Crippen LogP contribution is 2.38. The molecule has 21 heavy (non-hydrogen) atoms. The van der Waals surface area contributed by atoms with Crippen molar-refractivity contribution in [1.29, 1.82) is 0 Å². The van der Waals surface area contributed by atoms with Crippen LogP contribution in [0.2, 0.25) is 0 Å². The van der Waals surface area contributed by atoms with Gasteiger partial charge in [0.15, 0.2) is 23.2 Å². The molecule has 0 amide bonds. The van der Waals surface area contributed by atoms with Crippen LogP contribution >= 0.6 is 11.8 Å². The molecule has 1 atom stereocenters. The zero-order chi connectivity index (χ0) is 15.9. The minimum atomic E-state index is -5.19. The molecule has 0 saturated heterocycles. The van der Waals surface area contributed by atoms with Crippen molar-refractivity contribution in [2.24, 2.45) is 0 Å². The van der Waals surface area contributed by atoms with Gasteiger partial charge in [-0.25, -0.2) is 8.78 Å². The van der Waals surface area contributed by atoms with Crippen molar-refractivity contribution in [2.75, 3.05) is 7.11 Å². The fourth-order valence-corrected chi connectivity index (χ4v) is 3.09. The number of ketones is 2. The smallest absolute Gasteiger partial charge is 0.451 e. The van der Waals surface area contributed by atoms with E-state index in [2.05, 4.69) is 4.74 Å². The maximum absolute atomic E-state index is 13.9. The van der Waals surface area contributed by atoms with E-state index in [1.54, 1.807) is 0 Å². The van der Waals surface area contributed by atoms with Gasteiger partial charge in [-0.05, 0) is 6.07 Å². The molecule has 2 rings (SSSR count). The zero-order valence-electron chi connectivity index (χ0n) is 10.4. The number of halogens is 5. The summed E-state index contributed by atoms with van der Waals surface area (Å²) >= 11 is 0.351. The summed E-state index contributed by atoms with van der Waals surface area (Å²) in [5.41, 5.74) is -0.832. The number of Topliss-reactive ketones (excluding diaryl/α,β-unsaturated/α-hetero) is 2. The van der Waals surface area contributed by atoms with Gasteiger partial charge in [0.1, 0.15) is 5.25 Å². The van der Waals surface area contributed by atoms with E-state index in [0.717, 1.165) is 7.11 Å². The molecule has 0 N–H and O–H groups in total. The molecule has 9 heteroatoms. The molecule has 1 aromatic rings. The number of carbonyl (C=O) groups excluding carboxylic acids is 2. The Morgan fingerprint density at radius 1 is 1.38 bits per heavy atom. The summed E-state index contributed by atoms with van der Waals surface area (Å²) in [6.45, 7) is 0. The summed E-state index contributed by atoms with van der Waals surface area (Å²) in [6, 6.07) is 0.593. The first-order chi connectivity index (χ1) is 9.68. The predicted molar refractivity (Wildman–Crippen MR) is 63.4 cm³/mol. The van der Waals surface area contributed by atoms with Gasteiger partial charge < -0.3 is 4.74 Å². The van der Waals surface area contributed by atoms with Crippen LogP contribution in [-0.2, 0) is 10.5 Å². The molecule has 3 nitrogen and oxygen atoms in total. The maximum Gasteiger partial charge on any atom is 0.451 e. The van der Waals surface area contributed by atoms with Crippen LogP contribution in [0.1, 0.15) is 15.9 Å². The standard InChI is InChI=1S/C12H7F5O3S/c1-20-9-6(13)2-4-5(7(9)14)3-21-10(8(4)18)11(19)12(15,16)17/h2,10H,3H2,1H3. The van der Waals surface area contributed by atoms with Gasteiger partial charge in [0, 0.05) is 16.9 Å². The van der Waals surface area contributed by atoms with Crippen LogP contribution in [0.25, 0.3) is 0 Å². The molecule has 0 bridgehead atoms. The number of rotatable bonds is 2. The van der Waals surface area contributed by atoms with Gasteiger partial charge in [0.05, 0.1) is 7.11 Å². The molecular weight excluding hydrogens is 319 g/mol. The Kier molecular flexibility index (Phi) is 3.96. The lowest BCUT2D eigenvalue weighted by Gasteiger charge is -2.23. The van der Waals surface area contributed by atoms with E-state index in [9.17, 15) is 31.5 Å². The van der Waals surface area contributed by atoms with E-state index in [4.69, 9.17) is 0 Å². The Labute approximate surface area is 119 Å². The van der Waals surface area contributed by atoms with Crippen molar-refractivity contribution in [3.8, 4) is 5.75 Å². The van der Waals surface area contributed by atoms with Gasteiger partial charge in [-0.3, -0.25) is 9.59 Å². The van der Waals surface area contributed by atoms with E-state index in [-0.39, 0.29) is 11.3 Å². The van der Waals surface area contributed by atoms with Gasteiger partial charge in [0.2, 0.25) is 0 Å². The lowest BCUT2D eigenvalue weighted by atomic mass is 9.98. The summed E-state index contributed by atoms with van der Waals surface area (Å²) in [6.07, 6.45) is -5.19. The van der Waals surface area contributed by atoms with Gasteiger partial charge >= 0.3 is 6.18 Å². The molecule has 1 aliphatic rings. The van der Waals surface area contributed by atoms with Gasteiger partial charge in [-0.15, -0.1) is 11.8 Å². The Morgan fingerprint density at radius 2 is 2.00 bits per heavy atom. The molecule has 1 heterocycles. The third kappa shape index (κ3) is 2.61. The van der Waals surface area contributed by atoms with E-state index in [1.165, 1.54) is 0 Å². The number of hydrogen-bond acceptors (Lipinski definition) is 4. The quantitative estimate of drug-likeness (QED) is 0.619. The van der Waals surface area contributed by atoms with Crippen molar-refractivity contribution >= 4 is 23.3 Å². The van der Waals surface area contributed by atoms with Crippen LogP contribution in [0, 0.1) is 11.6 Å². The van der Waals surface area contributed by atoms with Crippen LogP contribution in [0.15, 0.2) is 6.07 Å². The highest BCUT2D eigenvalue weighted by atomic mass is 32.2. The molecule has 1 aromatic carbocycles. The zero-order valence-corrected chi connectivity index (χ0v) is 11.2. The molecule has 0 radical (unpaired) electrons. The first-order valence-electron chi connectivity index (χ1n) is 5.50. The topological polar surface area (TPSA) is 43.4 Å². The first kappa shape index (κ1) is 15.7. The number of benzene rings is 1. The van der Waals surface area contributed by atoms with Crippen LogP contribution in [0.3, 0.4) is 0 Å². The third-order valence-electron chi connectivity index (χ3n) is 2.90. The number of hydrogen-bond donors (Lipinski definition) is 0. The molecule has 0 aromatic heterocycles. The van der Waals surface area contributed by atoms with Gasteiger partial charge in [-0.1, -0.05) is 0 Å². The predicted octanol–water partition coefficient (Wildman–Crippen LogP) is 2.90. The number of ether oxygens (including phenoxy) is 1. The van der Waals surface area contributed by atoms with E-state index in [0.29, 0.717) is 17.8 Å². The molecule has 0 saturated carbocycles. The fraction of sp³-hybridized carbons (Fsp3) is 0.333.